The lowest BCUT2D eigenvalue weighted by Gasteiger charge is -2.24. The van der Waals surface area contributed by atoms with Gasteiger partial charge >= 0.3 is 6.09 Å². The molecule has 3 N–H and O–H groups in total. The number of hydrogen-bond donors (Lipinski definition) is 2. The predicted molar refractivity (Wildman–Crippen MR) is 62.3 cm³/mol. The van der Waals surface area contributed by atoms with Crippen LogP contribution in [-0.4, -0.2) is 36.3 Å². The molecule has 102 valence electrons. The van der Waals surface area contributed by atoms with Gasteiger partial charge in [-0.3, -0.25) is 4.55 Å². The van der Waals surface area contributed by atoms with Gasteiger partial charge in [0, 0.05) is 5.56 Å². The van der Waals surface area contributed by atoms with Crippen molar-refractivity contribution in [3.63, 3.8) is 0 Å². The van der Waals surface area contributed by atoms with E-state index in [0.29, 0.717) is 5.01 Å². The Kier molecular flexibility index (Phi) is 3.30. The first-order valence-electron chi connectivity index (χ1n) is 4.87. The van der Waals surface area contributed by atoms with Gasteiger partial charge in [0.25, 0.3) is 16.5 Å². The summed E-state index contributed by atoms with van der Waals surface area (Å²) < 4.78 is 56.6. The minimum absolute atomic E-state index is 0.169. The van der Waals surface area contributed by atoms with Crippen molar-refractivity contribution in [2.75, 3.05) is 0 Å². The third-order valence-corrected chi connectivity index (χ3v) is 3.16. The molecular formula is C9H8F2N4O3S. The van der Waals surface area contributed by atoms with Gasteiger partial charge < -0.3 is 0 Å². The van der Waals surface area contributed by atoms with Crippen LogP contribution < -0.4 is 5.84 Å². The highest BCUT2D eigenvalue weighted by molar-refractivity contribution is 7.85. The number of alkyl halides is 1. The van der Waals surface area contributed by atoms with E-state index in [-0.39, 0.29) is 16.3 Å². The van der Waals surface area contributed by atoms with Gasteiger partial charge in [-0.05, 0) is 24.3 Å². The van der Waals surface area contributed by atoms with Gasteiger partial charge in [0.15, 0.2) is 5.84 Å². The van der Waals surface area contributed by atoms with E-state index in [1.807, 2.05) is 0 Å². The lowest BCUT2D eigenvalue weighted by Crippen LogP contribution is -2.45. The zero-order chi connectivity index (χ0) is 14.2. The average molecular weight is 290 g/mol. The summed E-state index contributed by atoms with van der Waals surface area (Å²) in [5.41, 5.74) is 0.169. The van der Waals surface area contributed by atoms with E-state index < -0.39 is 22.6 Å². The standard InChI is InChI=1S/C9H8F2N4O3S/c10-8-13-7(15(12)9(11)14-8)5-1-3-6(4-2-5)19(16,17)18/h1-4,9H,12H2,(H,16,17,18). The SMILES string of the molecule is NN1C(c2ccc(S(=O)(=O)O)cc2)=NC(F)=NC1F. The minimum atomic E-state index is -4.34. The fraction of sp³-hybridized carbons (Fsp3) is 0.111. The molecule has 1 atom stereocenters. The molecular weight excluding hydrogens is 282 g/mol. The topological polar surface area (TPSA) is 108 Å². The molecule has 0 saturated carbocycles. The van der Waals surface area contributed by atoms with Gasteiger partial charge in [0.1, 0.15) is 0 Å². The van der Waals surface area contributed by atoms with Gasteiger partial charge in [-0.15, -0.1) is 0 Å². The van der Waals surface area contributed by atoms with Crippen LogP contribution in [0.4, 0.5) is 8.78 Å². The zero-order valence-electron chi connectivity index (χ0n) is 9.23. The van der Waals surface area contributed by atoms with Crippen LogP contribution in [0.3, 0.4) is 0 Å². The molecule has 0 amide bonds. The smallest absolute Gasteiger partial charge is 0.282 e. The van der Waals surface area contributed by atoms with E-state index in [2.05, 4.69) is 9.98 Å². The van der Waals surface area contributed by atoms with Crippen LogP contribution in [0.2, 0.25) is 0 Å². The molecule has 0 aromatic heterocycles. The van der Waals surface area contributed by atoms with E-state index in [0.717, 1.165) is 12.1 Å². The Labute approximate surface area is 106 Å². The minimum Gasteiger partial charge on any atom is -0.282 e. The maximum absolute atomic E-state index is 13.2. The summed E-state index contributed by atoms with van der Waals surface area (Å²) in [6.07, 6.45) is -3.39. The lowest BCUT2D eigenvalue weighted by molar-refractivity contribution is 0.160. The molecule has 0 spiro atoms. The Balaban J connectivity index is 2.41. The molecule has 1 aliphatic rings. The molecule has 1 heterocycles. The van der Waals surface area contributed by atoms with Crippen LogP contribution in [0.1, 0.15) is 5.56 Å². The molecule has 0 radical (unpaired) electrons. The van der Waals surface area contributed by atoms with Crippen LogP contribution >= 0.6 is 0 Å². The predicted octanol–water partition coefficient (Wildman–Crippen LogP) is 0.448. The van der Waals surface area contributed by atoms with Crippen molar-refractivity contribution in [2.24, 2.45) is 15.8 Å². The maximum atomic E-state index is 13.2. The molecule has 1 aromatic rings. The molecule has 7 nitrogen and oxygen atoms in total. The number of benzene rings is 1. The van der Waals surface area contributed by atoms with Crippen molar-refractivity contribution in [3.05, 3.63) is 29.8 Å². The number of nitrogens with two attached hydrogens (primary N) is 1. The first-order chi connectivity index (χ1) is 8.79. The molecule has 0 bridgehead atoms. The second-order valence-electron chi connectivity index (χ2n) is 3.55. The van der Waals surface area contributed by atoms with Gasteiger partial charge in [-0.25, -0.2) is 10.9 Å². The molecule has 10 heteroatoms. The maximum Gasteiger partial charge on any atom is 0.310 e. The number of hydrogen-bond acceptors (Lipinski definition) is 6. The zero-order valence-corrected chi connectivity index (χ0v) is 10.1. The average Bonchev–Trinajstić information content (AvgIpc) is 2.33. The van der Waals surface area contributed by atoms with Crippen molar-refractivity contribution < 1.29 is 21.8 Å². The van der Waals surface area contributed by atoms with Crippen LogP contribution in [0.5, 0.6) is 0 Å². The molecule has 0 aliphatic carbocycles. The van der Waals surface area contributed by atoms with Gasteiger partial charge in [-0.2, -0.15) is 27.2 Å². The summed E-state index contributed by atoms with van der Waals surface area (Å²) in [5.74, 6) is 5.08. The molecule has 0 fully saturated rings. The molecule has 19 heavy (non-hydrogen) atoms. The second-order valence-corrected chi connectivity index (χ2v) is 4.97. The number of hydrazine groups is 1. The number of amidine groups is 2. The second kappa shape index (κ2) is 4.64. The van der Waals surface area contributed by atoms with E-state index in [4.69, 9.17) is 10.4 Å². The fourth-order valence-electron chi connectivity index (χ4n) is 1.41. The Morgan fingerprint density at radius 1 is 1.32 bits per heavy atom. The summed E-state index contributed by atoms with van der Waals surface area (Å²) in [6, 6.07) is 4.51. The third kappa shape index (κ3) is 2.75. The first-order valence-corrected chi connectivity index (χ1v) is 6.31. The molecule has 2 rings (SSSR count). The number of nitrogens with zero attached hydrogens (tertiary/aromatic N) is 3. The molecule has 0 saturated heterocycles. The summed E-state index contributed by atoms with van der Waals surface area (Å²) in [7, 11) is -4.34. The van der Waals surface area contributed by atoms with Crippen LogP contribution in [0.15, 0.2) is 39.1 Å². The van der Waals surface area contributed by atoms with Gasteiger partial charge in [0.2, 0.25) is 0 Å². The first kappa shape index (κ1) is 13.5. The van der Waals surface area contributed by atoms with E-state index in [1.165, 1.54) is 12.1 Å². The monoisotopic (exact) mass is 290 g/mol. The highest BCUT2D eigenvalue weighted by atomic mass is 32.2. The van der Waals surface area contributed by atoms with E-state index in [1.54, 1.807) is 0 Å². The Hall–Kier alpha value is -1.91. The highest BCUT2D eigenvalue weighted by Crippen LogP contribution is 2.16. The molecule has 1 aromatic carbocycles. The number of rotatable bonds is 2. The van der Waals surface area contributed by atoms with Crippen molar-refractivity contribution in [2.45, 2.75) is 11.3 Å². The third-order valence-electron chi connectivity index (χ3n) is 2.30. The van der Waals surface area contributed by atoms with E-state index in [9.17, 15) is 17.2 Å². The lowest BCUT2D eigenvalue weighted by atomic mass is 10.2. The largest absolute Gasteiger partial charge is 0.310 e. The molecule has 1 aliphatic heterocycles. The number of halogens is 2. The Morgan fingerprint density at radius 2 is 1.89 bits per heavy atom. The summed E-state index contributed by atoms with van der Waals surface area (Å²) in [4.78, 5) is 5.82. The van der Waals surface area contributed by atoms with Crippen LogP contribution in [0.25, 0.3) is 0 Å². The van der Waals surface area contributed by atoms with Crippen LogP contribution in [-0.2, 0) is 10.1 Å². The quantitative estimate of drug-likeness (QED) is 0.467. The summed E-state index contributed by atoms with van der Waals surface area (Å²) >= 11 is 0. The normalized spacial score (nSPS) is 20.0. The van der Waals surface area contributed by atoms with Crippen molar-refractivity contribution >= 4 is 22.0 Å². The highest BCUT2D eigenvalue weighted by Gasteiger charge is 2.25. The fourth-order valence-corrected chi connectivity index (χ4v) is 1.89. The van der Waals surface area contributed by atoms with E-state index >= 15 is 0 Å². The number of aliphatic imine (C=N–C) groups is 2. The Bertz CT molecular complexity index is 657. The van der Waals surface area contributed by atoms with Gasteiger partial charge in [-0.1, -0.05) is 0 Å². The van der Waals surface area contributed by atoms with Crippen molar-refractivity contribution in [3.8, 4) is 0 Å². The van der Waals surface area contributed by atoms with Crippen molar-refractivity contribution in [1.82, 2.24) is 5.01 Å². The van der Waals surface area contributed by atoms with Crippen LogP contribution in [0, 0.1) is 0 Å². The van der Waals surface area contributed by atoms with Gasteiger partial charge in [0.05, 0.1) is 4.90 Å². The summed E-state index contributed by atoms with van der Waals surface area (Å²) in [6.45, 7) is 0. The summed E-state index contributed by atoms with van der Waals surface area (Å²) in [5, 5.41) is 0.492. The molecule has 1 unspecified atom stereocenters. The van der Waals surface area contributed by atoms with Crippen molar-refractivity contribution in [1.29, 1.82) is 0 Å². The Morgan fingerprint density at radius 3 is 2.42 bits per heavy atom.